The minimum Gasteiger partial charge on any atom is -0.431 e. The van der Waals surface area contributed by atoms with Gasteiger partial charge in [-0.15, -0.1) is 0 Å². The zero-order chi connectivity index (χ0) is 7.56. The van der Waals surface area contributed by atoms with Gasteiger partial charge in [-0.05, 0) is 18.4 Å². The third kappa shape index (κ3) is 1.87. The summed E-state index contributed by atoms with van der Waals surface area (Å²) in [6.07, 6.45) is 3.09. The fourth-order valence-corrected chi connectivity index (χ4v) is 0.909. The van der Waals surface area contributed by atoms with Gasteiger partial charge in [0, 0.05) is 13.3 Å². The molecule has 1 fully saturated rings. The van der Waals surface area contributed by atoms with Crippen molar-refractivity contribution in [3.8, 4) is 0 Å². The van der Waals surface area contributed by atoms with E-state index < -0.39 is 0 Å². The van der Waals surface area contributed by atoms with Gasteiger partial charge in [-0.3, -0.25) is 4.79 Å². The summed E-state index contributed by atoms with van der Waals surface area (Å²) in [6, 6.07) is 0. The van der Waals surface area contributed by atoms with Crippen LogP contribution >= 0.6 is 0 Å². The number of carbonyl (C=O) groups excluding carboxylic acids is 1. The molecule has 2 nitrogen and oxygen atoms in total. The highest BCUT2D eigenvalue weighted by atomic mass is 16.5. The zero-order valence-corrected chi connectivity index (χ0v) is 6.44. The second-order valence-corrected chi connectivity index (χ2v) is 2.47. The summed E-state index contributed by atoms with van der Waals surface area (Å²) in [4.78, 5) is 10.5. The van der Waals surface area contributed by atoms with Crippen LogP contribution in [0.15, 0.2) is 11.3 Å². The van der Waals surface area contributed by atoms with E-state index in [0.717, 1.165) is 25.0 Å². The third-order valence-corrected chi connectivity index (χ3v) is 1.48. The maximum absolute atomic E-state index is 10.5. The maximum atomic E-state index is 10.5. The lowest BCUT2D eigenvalue weighted by molar-refractivity contribution is -0.137. The van der Waals surface area contributed by atoms with Crippen LogP contribution in [0.25, 0.3) is 0 Å². The van der Waals surface area contributed by atoms with Gasteiger partial charge in [-0.25, -0.2) is 0 Å². The monoisotopic (exact) mass is 140 g/mol. The normalized spacial score (nSPS) is 14.8. The van der Waals surface area contributed by atoms with Crippen molar-refractivity contribution < 1.29 is 9.53 Å². The Morgan fingerprint density at radius 3 is 2.50 bits per heavy atom. The first-order valence-corrected chi connectivity index (χ1v) is 3.63. The van der Waals surface area contributed by atoms with Crippen LogP contribution in [0.5, 0.6) is 0 Å². The quantitative estimate of drug-likeness (QED) is 0.433. The molecule has 1 aliphatic carbocycles. The average molecular weight is 140 g/mol. The fraction of sp³-hybridized carbons (Fsp3) is 0.625. The van der Waals surface area contributed by atoms with Gasteiger partial charge in [0.05, 0.1) is 0 Å². The van der Waals surface area contributed by atoms with Crippen molar-refractivity contribution in [3.05, 3.63) is 11.3 Å². The summed E-state index contributed by atoms with van der Waals surface area (Å²) >= 11 is 0. The van der Waals surface area contributed by atoms with E-state index in [4.69, 9.17) is 4.74 Å². The van der Waals surface area contributed by atoms with Gasteiger partial charge in [0.15, 0.2) is 0 Å². The molecule has 1 rings (SSSR count). The molecule has 0 saturated heterocycles. The van der Waals surface area contributed by atoms with Crippen LogP contribution in [0, 0.1) is 0 Å². The van der Waals surface area contributed by atoms with E-state index in [9.17, 15) is 4.79 Å². The second-order valence-electron chi connectivity index (χ2n) is 2.47. The Bertz CT molecular complexity index is 174. The van der Waals surface area contributed by atoms with Gasteiger partial charge in [0.25, 0.3) is 0 Å². The van der Waals surface area contributed by atoms with Crippen LogP contribution in [0.3, 0.4) is 0 Å². The Morgan fingerprint density at radius 2 is 2.20 bits per heavy atom. The molecule has 0 amide bonds. The molecule has 0 aromatic carbocycles. The molecule has 56 valence electrons. The van der Waals surface area contributed by atoms with Gasteiger partial charge in [0.2, 0.25) is 0 Å². The van der Waals surface area contributed by atoms with Gasteiger partial charge in [-0.1, -0.05) is 6.92 Å². The molecule has 0 radical (unpaired) electrons. The van der Waals surface area contributed by atoms with Crippen molar-refractivity contribution in [3.63, 3.8) is 0 Å². The highest BCUT2D eigenvalue weighted by Gasteiger charge is 2.18. The topological polar surface area (TPSA) is 26.3 Å². The summed E-state index contributed by atoms with van der Waals surface area (Å²) < 4.78 is 4.96. The summed E-state index contributed by atoms with van der Waals surface area (Å²) in [6.45, 7) is 3.45. The van der Waals surface area contributed by atoms with E-state index in [1.165, 1.54) is 12.5 Å². The first-order chi connectivity index (χ1) is 4.74. The molecule has 0 heterocycles. The largest absolute Gasteiger partial charge is 0.431 e. The molecule has 0 bridgehead atoms. The van der Waals surface area contributed by atoms with Crippen molar-refractivity contribution in [2.45, 2.75) is 33.1 Å². The molecular weight excluding hydrogens is 128 g/mol. The number of carbonyl (C=O) groups is 1. The van der Waals surface area contributed by atoms with Crippen LogP contribution in [-0.4, -0.2) is 5.97 Å². The highest BCUT2D eigenvalue weighted by molar-refractivity contribution is 5.67. The number of allylic oxidation sites excluding steroid dienone is 2. The van der Waals surface area contributed by atoms with Crippen LogP contribution < -0.4 is 0 Å². The van der Waals surface area contributed by atoms with E-state index in [-0.39, 0.29) is 5.97 Å². The maximum Gasteiger partial charge on any atom is 0.307 e. The minimum atomic E-state index is -0.198. The predicted octanol–water partition coefficient (Wildman–Crippen LogP) is 2.01. The molecule has 0 N–H and O–H groups in total. The minimum absolute atomic E-state index is 0.198. The van der Waals surface area contributed by atoms with Gasteiger partial charge >= 0.3 is 5.97 Å². The predicted molar refractivity (Wildman–Crippen MR) is 38.3 cm³/mol. The summed E-state index contributed by atoms with van der Waals surface area (Å²) in [7, 11) is 0. The number of esters is 1. The van der Waals surface area contributed by atoms with Gasteiger partial charge in [0.1, 0.15) is 5.76 Å². The second kappa shape index (κ2) is 2.86. The third-order valence-electron chi connectivity index (χ3n) is 1.48. The smallest absolute Gasteiger partial charge is 0.307 e. The Hall–Kier alpha value is -0.790. The fourth-order valence-electron chi connectivity index (χ4n) is 0.909. The molecule has 2 heteroatoms. The number of rotatable bonds is 2. The molecule has 0 aliphatic heterocycles. The Balaban J connectivity index is 2.50. The summed E-state index contributed by atoms with van der Waals surface area (Å²) in [5.41, 5.74) is 1.32. The Morgan fingerprint density at radius 1 is 1.60 bits per heavy atom. The lowest BCUT2D eigenvalue weighted by Gasteiger charge is -2.01. The lowest BCUT2D eigenvalue weighted by atomic mass is 10.3. The van der Waals surface area contributed by atoms with E-state index in [1.54, 1.807) is 0 Å². The highest BCUT2D eigenvalue weighted by Crippen LogP contribution is 2.33. The van der Waals surface area contributed by atoms with E-state index in [2.05, 4.69) is 0 Å². The van der Waals surface area contributed by atoms with Gasteiger partial charge in [-0.2, -0.15) is 0 Å². The van der Waals surface area contributed by atoms with Crippen molar-refractivity contribution in [1.82, 2.24) is 0 Å². The SMILES string of the molecule is CCC(OC(C)=O)=C1CC1. The molecule has 1 saturated carbocycles. The van der Waals surface area contributed by atoms with Gasteiger partial charge < -0.3 is 4.74 Å². The summed E-state index contributed by atoms with van der Waals surface area (Å²) in [5, 5.41) is 0. The van der Waals surface area contributed by atoms with Crippen molar-refractivity contribution in [2.24, 2.45) is 0 Å². The number of hydrogen-bond acceptors (Lipinski definition) is 2. The van der Waals surface area contributed by atoms with Crippen LogP contribution in [0.1, 0.15) is 33.1 Å². The molecule has 0 aromatic heterocycles. The lowest BCUT2D eigenvalue weighted by Crippen LogP contribution is -1.97. The van der Waals surface area contributed by atoms with Crippen LogP contribution in [0.2, 0.25) is 0 Å². The van der Waals surface area contributed by atoms with E-state index >= 15 is 0 Å². The van der Waals surface area contributed by atoms with Crippen molar-refractivity contribution >= 4 is 5.97 Å². The number of ether oxygens (including phenoxy) is 1. The average Bonchev–Trinajstić information content (AvgIpc) is 2.63. The number of hydrogen-bond donors (Lipinski definition) is 0. The van der Waals surface area contributed by atoms with E-state index in [1.807, 2.05) is 6.92 Å². The standard InChI is InChI=1S/C8H12O2/c1-3-8(7-4-5-7)10-6(2)9/h3-5H2,1-2H3. The molecule has 0 spiro atoms. The molecule has 0 unspecified atom stereocenters. The van der Waals surface area contributed by atoms with Crippen molar-refractivity contribution in [2.75, 3.05) is 0 Å². The summed E-state index contributed by atoms with van der Waals surface area (Å²) in [5.74, 6) is 0.698. The molecular formula is C8H12O2. The van der Waals surface area contributed by atoms with Crippen LogP contribution in [0.4, 0.5) is 0 Å². The first kappa shape index (κ1) is 7.32. The molecule has 0 atom stereocenters. The first-order valence-electron chi connectivity index (χ1n) is 3.63. The molecule has 1 aliphatic rings. The zero-order valence-electron chi connectivity index (χ0n) is 6.44. The Kier molecular flexibility index (Phi) is 2.10. The van der Waals surface area contributed by atoms with Crippen LogP contribution in [-0.2, 0) is 9.53 Å². The van der Waals surface area contributed by atoms with E-state index in [0.29, 0.717) is 0 Å². The molecule has 10 heavy (non-hydrogen) atoms. The molecule has 0 aromatic rings. The Labute approximate surface area is 60.9 Å². The van der Waals surface area contributed by atoms with Crippen molar-refractivity contribution in [1.29, 1.82) is 0 Å².